The SMILES string of the molecule is CCCCOc1ccc2c(c1)NCCC2. The van der Waals surface area contributed by atoms with Gasteiger partial charge in [-0.25, -0.2) is 0 Å². The number of unbranched alkanes of at least 4 members (excludes halogenated alkanes) is 1. The summed E-state index contributed by atoms with van der Waals surface area (Å²) < 4.78 is 5.67. The summed E-state index contributed by atoms with van der Waals surface area (Å²) in [5.74, 6) is 0.997. The molecule has 1 aromatic carbocycles. The first-order valence-corrected chi connectivity index (χ1v) is 5.90. The van der Waals surface area contributed by atoms with Gasteiger partial charge < -0.3 is 10.1 Å². The van der Waals surface area contributed by atoms with E-state index in [9.17, 15) is 0 Å². The number of hydrogen-bond donors (Lipinski definition) is 1. The van der Waals surface area contributed by atoms with E-state index >= 15 is 0 Å². The van der Waals surface area contributed by atoms with Gasteiger partial charge in [-0.15, -0.1) is 0 Å². The fourth-order valence-corrected chi connectivity index (χ4v) is 1.86. The molecule has 0 fully saturated rings. The van der Waals surface area contributed by atoms with Crippen LogP contribution in [0.25, 0.3) is 0 Å². The second-order valence-electron chi connectivity index (χ2n) is 4.05. The fourth-order valence-electron chi connectivity index (χ4n) is 1.86. The molecule has 0 saturated carbocycles. The van der Waals surface area contributed by atoms with Crippen LogP contribution in [0.5, 0.6) is 5.75 Å². The number of rotatable bonds is 4. The predicted molar refractivity (Wildman–Crippen MR) is 63.7 cm³/mol. The zero-order valence-electron chi connectivity index (χ0n) is 9.38. The fraction of sp³-hybridized carbons (Fsp3) is 0.538. The highest BCUT2D eigenvalue weighted by Gasteiger charge is 2.08. The molecule has 0 spiro atoms. The number of hydrogen-bond acceptors (Lipinski definition) is 2. The van der Waals surface area contributed by atoms with Crippen LogP contribution in [0.1, 0.15) is 31.7 Å². The Morgan fingerprint density at radius 2 is 2.33 bits per heavy atom. The summed E-state index contributed by atoms with van der Waals surface area (Å²) in [4.78, 5) is 0. The molecule has 2 nitrogen and oxygen atoms in total. The predicted octanol–water partition coefficient (Wildman–Crippen LogP) is 3.22. The van der Waals surface area contributed by atoms with Gasteiger partial charge in [0.05, 0.1) is 6.61 Å². The van der Waals surface area contributed by atoms with Crippen molar-refractivity contribution >= 4 is 5.69 Å². The first kappa shape index (κ1) is 10.3. The third kappa shape index (κ3) is 2.65. The Bertz CT molecular complexity index is 322. The number of anilines is 1. The van der Waals surface area contributed by atoms with Crippen molar-refractivity contribution in [2.75, 3.05) is 18.5 Å². The molecule has 82 valence electrons. The summed E-state index contributed by atoms with van der Waals surface area (Å²) in [6, 6.07) is 6.40. The number of ether oxygens (including phenoxy) is 1. The number of benzene rings is 1. The van der Waals surface area contributed by atoms with E-state index in [2.05, 4.69) is 30.4 Å². The summed E-state index contributed by atoms with van der Waals surface area (Å²) in [7, 11) is 0. The monoisotopic (exact) mass is 205 g/mol. The topological polar surface area (TPSA) is 21.3 Å². The smallest absolute Gasteiger partial charge is 0.121 e. The largest absolute Gasteiger partial charge is 0.494 e. The van der Waals surface area contributed by atoms with Gasteiger partial charge in [0.2, 0.25) is 0 Å². The van der Waals surface area contributed by atoms with Gasteiger partial charge >= 0.3 is 0 Å². The zero-order valence-corrected chi connectivity index (χ0v) is 9.38. The van der Waals surface area contributed by atoms with Crippen molar-refractivity contribution in [3.8, 4) is 5.75 Å². The Morgan fingerprint density at radius 3 is 3.20 bits per heavy atom. The molecule has 0 amide bonds. The lowest BCUT2D eigenvalue weighted by molar-refractivity contribution is 0.309. The van der Waals surface area contributed by atoms with Gasteiger partial charge in [0.1, 0.15) is 5.75 Å². The van der Waals surface area contributed by atoms with Gasteiger partial charge in [-0.3, -0.25) is 0 Å². The molecule has 0 saturated heterocycles. The van der Waals surface area contributed by atoms with Gasteiger partial charge in [-0.2, -0.15) is 0 Å². The molecule has 0 unspecified atom stereocenters. The maximum atomic E-state index is 5.67. The molecule has 2 heteroatoms. The maximum Gasteiger partial charge on any atom is 0.121 e. The zero-order chi connectivity index (χ0) is 10.5. The van der Waals surface area contributed by atoms with Crippen molar-refractivity contribution in [2.24, 2.45) is 0 Å². The second kappa shape index (κ2) is 5.06. The quantitative estimate of drug-likeness (QED) is 0.762. The van der Waals surface area contributed by atoms with Gasteiger partial charge in [0, 0.05) is 18.3 Å². The Morgan fingerprint density at radius 1 is 1.40 bits per heavy atom. The van der Waals surface area contributed by atoms with E-state index in [4.69, 9.17) is 4.74 Å². The highest BCUT2D eigenvalue weighted by atomic mass is 16.5. The molecule has 0 aliphatic carbocycles. The molecule has 1 heterocycles. The summed E-state index contributed by atoms with van der Waals surface area (Å²) >= 11 is 0. The molecule has 0 bridgehead atoms. The van der Waals surface area contributed by atoms with Crippen molar-refractivity contribution in [3.05, 3.63) is 23.8 Å². The highest BCUT2D eigenvalue weighted by molar-refractivity contribution is 5.56. The van der Waals surface area contributed by atoms with Crippen molar-refractivity contribution in [1.29, 1.82) is 0 Å². The summed E-state index contributed by atoms with van der Waals surface area (Å²) in [5, 5.41) is 3.41. The van der Waals surface area contributed by atoms with E-state index in [0.29, 0.717) is 0 Å². The van der Waals surface area contributed by atoms with Crippen LogP contribution >= 0.6 is 0 Å². The molecule has 0 atom stereocenters. The summed E-state index contributed by atoms with van der Waals surface area (Å²) in [6.45, 7) is 4.10. The average molecular weight is 205 g/mol. The van der Waals surface area contributed by atoms with E-state index in [1.54, 1.807) is 0 Å². The molecule has 0 radical (unpaired) electrons. The van der Waals surface area contributed by atoms with Crippen LogP contribution in [0.2, 0.25) is 0 Å². The summed E-state index contributed by atoms with van der Waals surface area (Å²) in [5.41, 5.74) is 2.68. The van der Waals surface area contributed by atoms with Crippen molar-refractivity contribution in [1.82, 2.24) is 0 Å². The van der Waals surface area contributed by atoms with E-state index in [-0.39, 0.29) is 0 Å². The molecule has 2 rings (SSSR count). The molecule has 1 aliphatic rings. The minimum absolute atomic E-state index is 0.829. The third-order valence-corrected chi connectivity index (χ3v) is 2.79. The van der Waals surface area contributed by atoms with E-state index in [0.717, 1.165) is 25.3 Å². The van der Waals surface area contributed by atoms with Crippen molar-refractivity contribution < 1.29 is 4.74 Å². The summed E-state index contributed by atoms with van der Waals surface area (Å²) in [6.07, 6.45) is 4.74. The lowest BCUT2D eigenvalue weighted by Crippen LogP contribution is -2.11. The molecule has 1 N–H and O–H groups in total. The molecule has 1 aliphatic heterocycles. The van der Waals surface area contributed by atoms with Gasteiger partial charge in [0.25, 0.3) is 0 Å². The number of nitrogens with one attached hydrogen (secondary N) is 1. The number of aryl methyl sites for hydroxylation is 1. The van der Waals surface area contributed by atoms with Crippen LogP contribution in [-0.2, 0) is 6.42 Å². The Balaban J connectivity index is 2.00. The molecular formula is C13H19NO. The van der Waals surface area contributed by atoms with E-state index < -0.39 is 0 Å². The van der Waals surface area contributed by atoms with E-state index in [1.807, 2.05) is 0 Å². The van der Waals surface area contributed by atoms with Crippen LogP contribution in [0, 0.1) is 0 Å². The first-order valence-electron chi connectivity index (χ1n) is 5.90. The molecule has 1 aromatic rings. The van der Waals surface area contributed by atoms with Crippen molar-refractivity contribution in [2.45, 2.75) is 32.6 Å². The van der Waals surface area contributed by atoms with Crippen LogP contribution in [0.4, 0.5) is 5.69 Å². The standard InChI is InChI=1S/C13H19NO/c1-2-3-9-15-12-7-6-11-5-4-8-14-13(11)10-12/h6-7,10,14H,2-5,8-9H2,1H3. The molecular weight excluding hydrogens is 186 g/mol. The van der Waals surface area contributed by atoms with E-state index in [1.165, 1.54) is 30.5 Å². The Labute approximate surface area is 91.6 Å². The van der Waals surface area contributed by atoms with Gasteiger partial charge in [0.15, 0.2) is 0 Å². The normalized spacial score (nSPS) is 14.2. The van der Waals surface area contributed by atoms with Crippen LogP contribution in [0.3, 0.4) is 0 Å². The Hall–Kier alpha value is -1.18. The molecule has 0 aromatic heterocycles. The van der Waals surface area contributed by atoms with Crippen LogP contribution < -0.4 is 10.1 Å². The maximum absolute atomic E-state index is 5.67. The third-order valence-electron chi connectivity index (χ3n) is 2.79. The second-order valence-corrected chi connectivity index (χ2v) is 4.05. The highest BCUT2D eigenvalue weighted by Crippen LogP contribution is 2.26. The molecule has 15 heavy (non-hydrogen) atoms. The minimum Gasteiger partial charge on any atom is -0.494 e. The average Bonchev–Trinajstić information content (AvgIpc) is 2.29. The lowest BCUT2D eigenvalue weighted by atomic mass is 10.0. The van der Waals surface area contributed by atoms with Crippen molar-refractivity contribution in [3.63, 3.8) is 0 Å². The first-order chi connectivity index (χ1) is 7.40. The minimum atomic E-state index is 0.829. The van der Waals surface area contributed by atoms with Gasteiger partial charge in [-0.05, 0) is 30.9 Å². The van der Waals surface area contributed by atoms with Crippen LogP contribution in [-0.4, -0.2) is 13.2 Å². The lowest BCUT2D eigenvalue weighted by Gasteiger charge is -2.18. The number of fused-ring (bicyclic) bond motifs is 1. The van der Waals surface area contributed by atoms with Gasteiger partial charge in [-0.1, -0.05) is 19.4 Å². The van der Waals surface area contributed by atoms with Crippen LogP contribution in [0.15, 0.2) is 18.2 Å². The Kier molecular flexibility index (Phi) is 3.49.